The first-order chi connectivity index (χ1) is 13.5. The Labute approximate surface area is 155 Å². The minimum Gasteiger partial charge on any atom is -0.496 e. The van der Waals surface area contributed by atoms with E-state index in [1.807, 2.05) is 12.1 Å². The Bertz CT molecular complexity index is 1100. The zero-order chi connectivity index (χ0) is 19.7. The Kier molecular flexibility index (Phi) is 4.30. The van der Waals surface area contributed by atoms with E-state index in [-0.39, 0.29) is 11.7 Å². The molecule has 0 bridgehead atoms. The van der Waals surface area contributed by atoms with E-state index >= 15 is 0 Å². The van der Waals surface area contributed by atoms with Gasteiger partial charge in [0, 0.05) is 11.1 Å². The molecule has 142 valence electrons. The molecule has 7 nitrogen and oxygen atoms in total. The summed E-state index contributed by atoms with van der Waals surface area (Å²) in [6.07, 6.45) is -4.69. The van der Waals surface area contributed by atoms with Crippen LogP contribution in [0.4, 0.5) is 13.2 Å². The second-order valence-corrected chi connectivity index (χ2v) is 5.62. The predicted molar refractivity (Wildman–Crippen MR) is 90.0 cm³/mol. The first-order valence-corrected chi connectivity index (χ1v) is 7.94. The summed E-state index contributed by atoms with van der Waals surface area (Å²) in [6.45, 7) is 0. The summed E-state index contributed by atoms with van der Waals surface area (Å²) >= 11 is 0. The maximum atomic E-state index is 12.6. The van der Waals surface area contributed by atoms with Gasteiger partial charge in [0.15, 0.2) is 0 Å². The summed E-state index contributed by atoms with van der Waals surface area (Å²) in [4.78, 5) is 7.69. The average molecular weight is 388 g/mol. The van der Waals surface area contributed by atoms with E-state index in [2.05, 4.69) is 24.8 Å². The van der Waals surface area contributed by atoms with Crippen LogP contribution in [0, 0.1) is 0 Å². The molecular weight excluding hydrogens is 377 g/mol. The van der Waals surface area contributed by atoms with Crippen molar-refractivity contribution in [3.63, 3.8) is 0 Å². The van der Waals surface area contributed by atoms with Crippen molar-refractivity contribution in [1.82, 2.24) is 20.3 Å². The van der Waals surface area contributed by atoms with E-state index in [1.54, 1.807) is 31.4 Å². The number of aromatic nitrogens is 4. The average Bonchev–Trinajstić information content (AvgIpc) is 3.38. The van der Waals surface area contributed by atoms with Crippen molar-refractivity contribution in [2.45, 2.75) is 6.18 Å². The molecule has 0 saturated carbocycles. The van der Waals surface area contributed by atoms with Gasteiger partial charge in [0.05, 0.1) is 12.7 Å². The molecule has 2 aromatic heterocycles. The van der Waals surface area contributed by atoms with Gasteiger partial charge in [0.2, 0.25) is 11.6 Å². The second kappa shape index (κ2) is 6.80. The molecule has 4 rings (SSSR count). The van der Waals surface area contributed by atoms with Crippen LogP contribution < -0.4 is 4.74 Å². The largest absolute Gasteiger partial charge is 0.496 e. The van der Waals surface area contributed by atoms with Crippen LogP contribution in [0.1, 0.15) is 5.89 Å². The normalized spacial score (nSPS) is 11.6. The van der Waals surface area contributed by atoms with E-state index in [0.717, 1.165) is 0 Å². The lowest BCUT2D eigenvalue weighted by atomic mass is 10.1. The van der Waals surface area contributed by atoms with Gasteiger partial charge >= 0.3 is 12.1 Å². The van der Waals surface area contributed by atoms with Crippen molar-refractivity contribution in [3.05, 3.63) is 54.4 Å². The van der Waals surface area contributed by atoms with Crippen molar-refractivity contribution in [2.75, 3.05) is 7.11 Å². The molecule has 0 unspecified atom stereocenters. The van der Waals surface area contributed by atoms with E-state index in [1.165, 1.54) is 12.1 Å². The minimum absolute atomic E-state index is 0.167. The van der Waals surface area contributed by atoms with Crippen molar-refractivity contribution in [2.24, 2.45) is 0 Å². The van der Waals surface area contributed by atoms with Gasteiger partial charge in [-0.25, -0.2) is 0 Å². The van der Waals surface area contributed by atoms with Crippen LogP contribution in [0.15, 0.2) is 57.6 Å². The van der Waals surface area contributed by atoms with Crippen molar-refractivity contribution in [3.8, 4) is 40.0 Å². The number of nitrogens with zero attached hydrogens (tertiary/aromatic N) is 4. The van der Waals surface area contributed by atoms with Crippen molar-refractivity contribution in [1.29, 1.82) is 0 Å². The smallest absolute Gasteiger partial charge is 0.471 e. The van der Waals surface area contributed by atoms with Gasteiger partial charge in [0.25, 0.3) is 5.89 Å². The van der Waals surface area contributed by atoms with Crippen LogP contribution in [0.3, 0.4) is 0 Å². The van der Waals surface area contributed by atoms with E-state index in [9.17, 15) is 13.2 Å². The number of hydrogen-bond donors (Lipinski definition) is 0. The SMILES string of the molecule is COc1ccccc1-c1noc(-c2ccc(-c3noc(C(F)(F)F)n3)cc2)n1. The lowest BCUT2D eigenvalue weighted by Gasteiger charge is -2.03. The van der Waals surface area contributed by atoms with Gasteiger partial charge in [-0.3, -0.25) is 0 Å². The molecule has 0 N–H and O–H groups in total. The topological polar surface area (TPSA) is 87.1 Å². The molecule has 2 heterocycles. The van der Waals surface area contributed by atoms with Gasteiger partial charge in [-0.1, -0.05) is 34.6 Å². The lowest BCUT2D eigenvalue weighted by Crippen LogP contribution is -2.04. The van der Waals surface area contributed by atoms with Crippen LogP contribution in [-0.2, 0) is 6.18 Å². The number of para-hydroxylation sites is 1. The molecular formula is C18H11F3N4O3. The third-order valence-electron chi connectivity index (χ3n) is 3.83. The Morgan fingerprint density at radius 1 is 0.821 bits per heavy atom. The number of benzene rings is 2. The second-order valence-electron chi connectivity index (χ2n) is 5.62. The van der Waals surface area contributed by atoms with Crippen LogP contribution >= 0.6 is 0 Å². The fraction of sp³-hybridized carbons (Fsp3) is 0.111. The van der Waals surface area contributed by atoms with Crippen LogP contribution in [-0.4, -0.2) is 27.4 Å². The Morgan fingerprint density at radius 2 is 1.50 bits per heavy atom. The third kappa shape index (κ3) is 3.31. The molecule has 0 radical (unpaired) electrons. The van der Waals surface area contributed by atoms with Gasteiger partial charge < -0.3 is 13.8 Å². The van der Waals surface area contributed by atoms with Gasteiger partial charge in [-0.05, 0) is 24.3 Å². The highest BCUT2D eigenvalue weighted by Gasteiger charge is 2.38. The molecule has 0 amide bonds. The molecule has 4 aromatic rings. The first kappa shape index (κ1) is 17.7. The number of rotatable bonds is 4. The molecule has 0 saturated heterocycles. The molecule has 2 aromatic carbocycles. The number of methoxy groups -OCH3 is 1. The number of hydrogen-bond acceptors (Lipinski definition) is 7. The number of ether oxygens (including phenoxy) is 1. The van der Waals surface area contributed by atoms with Crippen molar-refractivity contribution < 1.29 is 27.0 Å². The number of halogens is 3. The lowest BCUT2D eigenvalue weighted by molar-refractivity contribution is -0.159. The highest BCUT2D eigenvalue weighted by Crippen LogP contribution is 2.31. The van der Waals surface area contributed by atoms with Crippen LogP contribution in [0.25, 0.3) is 34.2 Å². The summed E-state index contributed by atoms with van der Waals surface area (Å²) in [5.74, 6) is -0.368. The van der Waals surface area contributed by atoms with Crippen LogP contribution in [0.5, 0.6) is 5.75 Å². The highest BCUT2D eigenvalue weighted by molar-refractivity contribution is 5.67. The van der Waals surface area contributed by atoms with Gasteiger partial charge in [-0.2, -0.15) is 23.1 Å². The van der Waals surface area contributed by atoms with Crippen LogP contribution in [0.2, 0.25) is 0 Å². The third-order valence-corrected chi connectivity index (χ3v) is 3.83. The Balaban J connectivity index is 1.60. The van der Waals surface area contributed by atoms with E-state index < -0.39 is 12.1 Å². The molecule has 0 fully saturated rings. The Hall–Kier alpha value is -3.69. The quantitative estimate of drug-likeness (QED) is 0.509. The molecule has 10 heteroatoms. The maximum Gasteiger partial charge on any atom is 0.471 e. The molecule has 0 atom stereocenters. The summed E-state index contributed by atoms with van der Waals surface area (Å²) < 4.78 is 52.5. The predicted octanol–water partition coefficient (Wildman–Crippen LogP) is 4.48. The summed E-state index contributed by atoms with van der Waals surface area (Å²) in [5.41, 5.74) is 1.60. The summed E-state index contributed by atoms with van der Waals surface area (Å²) in [6, 6.07) is 13.5. The minimum atomic E-state index is -4.69. The summed E-state index contributed by atoms with van der Waals surface area (Å²) in [5, 5.41) is 7.30. The molecule has 0 aliphatic rings. The molecule has 0 aliphatic carbocycles. The maximum absolute atomic E-state index is 12.6. The zero-order valence-electron chi connectivity index (χ0n) is 14.3. The van der Waals surface area contributed by atoms with Gasteiger partial charge in [0.1, 0.15) is 5.75 Å². The molecule has 0 spiro atoms. The molecule has 0 aliphatic heterocycles. The zero-order valence-corrected chi connectivity index (χ0v) is 14.3. The number of alkyl halides is 3. The first-order valence-electron chi connectivity index (χ1n) is 7.94. The van der Waals surface area contributed by atoms with Gasteiger partial charge in [-0.15, -0.1) is 0 Å². The Morgan fingerprint density at radius 3 is 2.18 bits per heavy atom. The standard InChI is InChI=1S/C18H11F3N4O3/c1-26-13-5-3-2-4-12(13)15-22-16(27-25-15)11-8-6-10(7-9-11)14-23-17(28-24-14)18(19,20)21/h2-9H,1H3. The molecule has 28 heavy (non-hydrogen) atoms. The summed E-state index contributed by atoms with van der Waals surface area (Å²) in [7, 11) is 1.54. The van der Waals surface area contributed by atoms with E-state index in [0.29, 0.717) is 28.3 Å². The fourth-order valence-corrected chi connectivity index (χ4v) is 2.50. The van der Waals surface area contributed by atoms with Crippen molar-refractivity contribution >= 4 is 0 Å². The monoisotopic (exact) mass is 388 g/mol. The fourth-order valence-electron chi connectivity index (χ4n) is 2.50. The van der Waals surface area contributed by atoms with E-state index in [4.69, 9.17) is 9.26 Å². The highest BCUT2D eigenvalue weighted by atomic mass is 19.4.